The molecule has 0 N–H and O–H groups in total. The van der Waals surface area contributed by atoms with Crippen LogP contribution in [0, 0.1) is 0 Å². The smallest absolute Gasteiger partial charge is 0.114 e. The standard InChI is InChI=1S/C12H24FN/c1-2-3-4-5-6-7-9-14-10-8-12(13)11-14/h12H,2-11H2,1H3. The van der Waals surface area contributed by atoms with Crippen molar-refractivity contribution in [2.75, 3.05) is 19.6 Å². The van der Waals surface area contributed by atoms with Gasteiger partial charge in [-0.15, -0.1) is 0 Å². The van der Waals surface area contributed by atoms with Gasteiger partial charge >= 0.3 is 0 Å². The molecule has 0 aromatic heterocycles. The highest BCUT2D eigenvalue weighted by Crippen LogP contribution is 2.13. The van der Waals surface area contributed by atoms with Crippen molar-refractivity contribution in [3.05, 3.63) is 0 Å². The summed E-state index contributed by atoms with van der Waals surface area (Å²) in [6, 6.07) is 0. The van der Waals surface area contributed by atoms with Gasteiger partial charge < -0.3 is 4.90 Å². The van der Waals surface area contributed by atoms with E-state index in [9.17, 15) is 4.39 Å². The third-order valence-corrected chi connectivity index (χ3v) is 3.04. The van der Waals surface area contributed by atoms with Crippen molar-refractivity contribution in [2.24, 2.45) is 0 Å². The molecule has 2 heteroatoms. The highest BCUT2D eigenvalue weighted by atomic mass is 19.1. The second kappa shape index (κ2) is 7.22. The van der Waals surface area contributed by atoms with E-state index >= 15 is 0 Å². The zero-order valence-electron chi connectivity index (χ0n) is 9.47. The van der Waals surface area contributed by atoms with Crippen molar-refractivity contribution < 1.29 is 4.39 Å². The van der Waals surface area contributed by atoms with Crippen molar-refractivity contribution in [3.8, 4) is 0 Å². The van der Waals surface area contributed by atoms with E-state index in [-0.39, 0.29) is 0 Å². The fraction of sp³-hybridized carbons (Fsp3) is 1.00. The van der Waals surface area contributed by atoms with E-state index in [2.05, 4.69) is 11.8 Å². The molecule has 1 atom stereocenters. The number of unbranched alkanes of at least 4 members (excludes halogenated alkanes) is 5. The lowest BCUT2D eigenvalue weighted by Gasteiger charge is -2.13. The fourth-order valence-corrected chi connectivity index (χ4v) is 2.10. The molecule has 1 aliphatic rings. The SMILES string of the molecule is CCCCCCCCN1CCC(F)C1. The Labute approximate surface area is 87.7 Å². The predicted molar refractivity (Wildman–Crippen MR) is 59.3 cm³/mol. The number of likely N-dealkylation sites (tertiary alicyclic amines) is 1. The highest BCUT2D eigenvalue weighted by molar-refractivity contribution is 4.74. The van der Waals surface area contributed by atoms with E-state index in [4.69, 9.17) is 0 Å². The molecule has 1 saturated heterocycles. The molecule has 1 heterocycles. The Morgan fingerprint density at radius 2 is 1.86 bits per heavy atom. The second-order valence-electron chi connectivity index (χ2n) is 4.45. The number of nitrogens with zero attached hydrogens (tertiary/aromatic N) is 1. The van der Waals surface area contributed by atoms with Crippen molar-refractivity contribution in [1.29, 1.82) is 0 Å². The summed E-state index contributed by atoms with van der Waals surface area (Å²) in [6.07, 6.45) is 8.23. The summed E-state index contributed by atoms with van der Waals surface area (Å²) in [5.41, 5.74) is 0. The maximum atomic E-state index is 12.8. The van der Waals surface area contributed by atoms with Crippen LogP contribution in [0.1, 0.15) is 51.9 Å². The molecule has 0 saturated carbocycles. The van der Waals surface area contributed by atoms with Gasteiger partial charge in [0.1, 0.15) is 6.17 Å². The van der Waals surface area contributed by atoms with Crippen molar-refractivity contribution in [1.82, 2.24) is 4.90 Å². The quantitative estimate of drug-likeness (QED) is 0.571. The van der Waals surface area contributed by atoms with Gasteiger partial charge in [-0.3, -0.25) is 0 Å². The number of rotatable bonds is 7. The van der Waals surface area contributed by atoms with Gasteiger partial charge in [-0.05, 0) is 19.4 Å². The molecule has 84 valence electrons. The average molecular weight is 201 g/mol. The zero-order chi connectivity index (χ0) is 10.2. The van der Waals surface area contributed by atoms with Crippen LogP contribution in [0.2, 0.25) is 0 Å². The summed E-state index contributed by atoms with van der Waals surface area (Å²) in [6.45, 7) is 5.03. The average Bonchev–Trinajstić information content (AvgIpc) is 2.58. The van der Waals surface area contributed by atoms with Crippen LogP contribution in [0.25, 0.3) is 0 Å². The van der Waals surface area contributed by atoms with E-state index < -0.39 is 6.17 Å². The van der Waals surface area contributed by atoms with Crippen LogP contribution in [0.15, 0.2) is 0 Å². The van der Waals surface area contributed by atoms with Crippen molar-refractivity contribution >= 4 is 0 Å². The Kier molecular flexibility index (Phi) is 6.17. The largest absolute Gasteiger partial charge is 0.300 e. The monoisotopic (exact) mass is 201 g/mol. The minimum absolute atomic E-state index is 0.546. The van der Waals surface area contributed by atoms with Crippen molar-refractivity contribution in [3.63, 3.8) is 0 Å². The van der Waals surface area contributed by atoms with Gasteiger partial charge in [-0.1, -0.05) is 39.0 Å². The van der Waals surface area contributed by atoms with Crippen molar-refractivity contribution in [2.45, 2.75) is 58.0 Å². The van der Waals surface area contributed by atoms with Gasteiger partial charge in [-0.25, -0.2) is 4.39 Å². The molecule has 0 aromatic carbocycles. The molecular weight excluding hydrogens is 177 g/mol. The van der Waals surface area contributed by atoms with E-state index in [1.165, 1.54) is 38.5 Å². The minimum atomic E-state index is -0.546. The third kappa shape index (κ3) is 4.94. The Balaban J connectivity index is 1.84. The molecule has 14 heavy (non-hydrogen) atoms. The van der Waals surface area contributed by atoms with Crippen LogP contribution in [0.5, 0.6) is 0 Å². The molecule has 0 spiro atoms. The van der Waals surface area contributed by atoms with E-state index in [0.29, 0.717) is 6.54 Å². The fourth-order valence-electron chi connectivity index (χ4n) is 2.10. The van der Waals surface area contributed by atoms with E-state index in [1.807, 2.05) is 0 Å². The third-order valence-electron chi connectivity index (χ3n) is 3.04. The topological polar surface area (TPSA) is 3.24 Å². The minimum Gasteiger partial charge on any atom is -0.300 e. The first-order chi connectivity index (χ1) is 6.83. The van der Waals surface area contributed by atoms with Gasteiger partial charge in [0.25, 0.3) is 0 Å². The summed E-state index contributed by atoms with van der Waals surface area (Å²) in [4.78, 5) is 2.27. The van der Waals surface area contributed by atoms with Crippen LogP contribution in [0.4, 0.5) is 4.39 Å². The predicted octanol–water partition coefficient (Wildman–Crippen LogP) is 3.39. The van der Waals surface area contributed by atoms with Gasteiger partial charge in [0, 0.05) is 13.1 Å². The molecule has 0 aliphatic carbocycles. The number of alkyl halides is 1. The summed E-state index contributed by atoms with van der Waals surface area (Å²) in [7, 11) is 0. The summed E-state index contributed by atoms with van der Waals surface area (Å²) >= 11 is 0. The lowest BCUT2D eigenvalue weighted by molar-refractivity contribution is 0.282. The van der Waals surface area contributed by atoms with Crippen LogP contribution in [-0.4, -0.2) is 30.7 Å². The molecule has 1 nitrogen and oxygen atoms in total. The molecular formula is C12H24FN. The Hall–Kier alpha value is -0.110. The van der Waals surface area contributed by atoms with Gasteiger partial charge in [0.05, 0.1) is 0 Å². The molecule has 1 fully saturated rings. The first kappa shape index (κ1) is 12.0. The molecule has 1 aliphatic heterocycles. The number of hydrogen-bond acceptors (Lipinski definition) is 1. The Morgan fingerprint density at radius 1 is 1.14 bits per heavy atom. The molecule has 1 unspecified atom stereocenters. The van der Waals surface area contributed by atoms with E-state index in [1.54, 1.807) is 0 Å². The molecule has 0 aromatic rings. The van der Waals surface area contributed by atoms with Gasteiger partial charge in [-0.2, -0.15) is 0 Å². The second-order valence-corrected chi connectivity index (χ2v) is 4.45. The Morgan fingerprint density at radius 3 is 2.50 bits per heavy atom. The zero-order valence-corrected chi connectivity index (χ0v) is 9.47. The molecule has 1 rings (SSSR count). The normalized spacial score (nSPS) is 23.1. The molecule has 0 bridgehead atoms. The van der Waals surface area contributed by atoms with Crippen LogP contribution in [0.3, 0.4) is 0 Å². The number of halogens is 1. The maximum Gasteiger partial charge on any atom is 0.114 e. The summed E-state index contributed by atoms with van der Waals surface area (Å²) < 4.78 is 12.8. The van der Waals surface area contributed by atoms with Crippen LogP contribution in [-0.2, 0) is 0 Å². The summed E-state index contributed by atoms with van der Waals surface area (Å²) in [5, 5.41) is 0. The van der Waals surface area contributed by atoms with Crippen LogP contribution < -0.4 is 0 Å². The van der Waals surface area contributed by atoms with Gasteiger partial charge in [0.15, 0.2) is 0 Å². The number of hydrogen-bond donors (Lipinski definition) is 0. The maximum absolute atomic E-state index is 12.8. The van der Waals surface area contributed by atoms with E-state index in [0.717, 1.165) is 19.5 Å². The first-order valence-electron chi connectivity index (χ1n) is 6.19. The Bertz CT molecular complexity index is 138. The lowest BCUT2D eigenvalue weighted by atomic mass is 10.1. The van der Waals surface area contributed by atoms with Crippen LogP contribution >= 0.6 is 0 Å². The summed E-state index contributed by atoms with van der Waals surface area (Å²) in [5.74, 6) is 0. The first-order valence-corrected chi connectivity index (χ1v) is 6.19. The highest BCUT2D eigenvalue weighted by Gasteiger charge is 2.20. The van der Waals surface area contributed by atoms with Gasteiger partial charge in [0.2, 0.25) is 0 Å². The lowest BCUT2D eigenvalue weighted by Crippen LogP contribution is -2.22. The molecule has 0 radical (unpaired) electrons. The molecule has 0 amide bonds.